The van der Waals surface area contributed by atoms with Gasteiger partial charge >= 0.3 is 7.32 Å². The summed E-state index contributed by atoms with van der Waals surface area (Å²) in [6, 6.07) is 0. The first kappa shape index (κ1) is 6.98. The van der Waals surface area contributed by atoms with Crippen LogP contribution in [0.2, 0.25) is 0 Å². The van der Waals surface area contributed by atoms with E-state index >= 15 is 0 Å². The van der Waals surface area contributed by atoms with E-state index in [1.807, 2.05) is 0 Å². The first-order valence-electron chi connectivity index (χ1n) is 2.57. The maximum atomic E-state index is 8.28. The molecular formula is C4H5BN2O3. The highest BCUT2D eigenvalue weighted by Crippen LogP contribution is 2.02. The third-order valence-electron chi connectivity index (χ3n) is 0.778. The minimum absolute atomic E-state index is 0.220. The molecule has 0 amide bonds. The molecule has 0 aliphatic heterocycles. The Morgan fingerprint density at radius 3 is 2.40 bits per heavy atom. The second-order valence-corrected chi connectivity index (χ2v) is 1.52. The van der Waals surface area contributed by atoms with Crippen LogP contribution in [-0.4, -0.2) is 27.3 Å². The molecule has 0 aromatic carbocycles. The average Bonchev–Trinajstić information content (AvgIpc) is 1.88. The molecule has 0 saturated carbocycles. The Hall–Kier alpha value is -1.14. The van der Waals surface area contributed by atoms with Crippen LogP contribution in [0.4, 0.5) is 0 Å². The van der Waals surface area contributed by atoms with Crippen molar-refractivity contribution in [2.75, 3.05) is 0 Å². The Morgan fingerprint density at radius 1 is 1.30 bits per heavy atom. The molecule has 2 N–H and O–H groups in total. The van der Waals surface area contributed by atoms with E-state index in [9.17, 15) is 0 Å². The molecule has 0 saturated heterocycles. The SMILES string of the molecule is OB(O)Oc1cncnc1. The van der Waals surface area contributed by atoms with Crippen molar-refractivity contribution in [2.24, 2.45) is 0 Å². The fourth-order valence-corrected chi connectivity index (χ4v) is 0.468. The summed E-state index contributed by atoms with van der Waals surface area (Å²) in [6.45, 7) is 0. The Labute approximate surface area is 57.5 Å². The van der Waals surface area contributed by atoms with Gasteiger partial charge in [-0.2, -0.15) is 0 Å². The van der Waals surface area contributed by atoms with Crippen LogP contribution in [0.3, 0.4) is 0 Å². The summed E-state index contributed by atoms with van der Waals surface area (Å²) in [5.74, 6) is 0.220. The molecular weight excluding hydrogens is 135 g/mol. The molecule has 1 heterocycles. The zero-order chi connectivity index (χ0) is 7.40. The summed E-state index contributed by atoms with van der Waals surface area (Å²) in [7, 11) is -1.81. The largest absolute Gasteiger partial charge is 0.707 e. The van der Waals surface area contributed by atoms with Crippen molar-refractivity contribution in [2.45, 2.75) is 0 Å². The van der Waals surface area contributed by atoms with E-state index in [1.165, 1.54) is 18.7 Å². The van der Waals surface area contributed by atoms with Crippen LogP contribution in [0.25, 0.3) is 0 Å². The molecule has 0 aliphatic rings. The number of aromatic nitrogens is 2. The molecule has 0 aliphatic carbocycles. The highest BCUT2D eigenvalue weighted by Gasteiger charge is 2.10. The molecule has 0 bridgehead atoms. The van der Waals surface area contributed by atoms with Crippen molar-refractivity contribution in [3.8, 4) is 5.75 Å². The first-order valence-corrected chi connectivity index (χ1v) is 2.57. The van der Waals surface area contributed by atoms with Gasteiger partial charge in [-0.05, 0) is 0 Å². The number of hydrogen-bond acceptors (Lipinski definition) is 5. The molecule has 6 heteroatoms. The van der Waals surface area contributed by atoms with Gasteiger partial charge in [0.2, 0.25) is 0 Å². The molecule has 52 valence electrons. The van der Waals surface area contributed by atoms with E-state index in [4.69, 9.17) is 10.0 Å². The summed E-state index contributed by atoms with van der Waals surface area (Å²) >= 11 is 0. The lowest BCUT2D eigenvalue weighted by atomic mass is 10.2. The monoisotopic (exact) mass is 140 g/mol. The quantitative estimate of drug-likeness (QED) is 0.506. The van der Waals surface area contributed by atoms with E-state index in [2.05, 4.69) is 14.6 Å². The average molecular weight is 140 g/mol. The van der Waals surface area contributed by atoms with Gasteiger partial charge in [-0.15, -0.1) is 0 Å². The fraction of sp³-hybridized carbons (Fsp3) is 0. The smallest absolute Gasteiger partial charge is 0.509 e. The lowest BCUT2D eigenvalue weighted by molar-refractivity contribution is 0.287. The van der Waals surface area contributed by atoms with E-state index in [0.717, 1.165) is 0 Å². The Morgan fingerprint density at radius 2 is 1.90 bits per heavy atom. The standard InChI is InChI=1S/C4H5BN2O3/c8-5(9)10-4-1-6-3-7-2-4/h1-3,8-9H. The number of rotatable bonds is 2. The maximum absolute atomic E-state index is 8.28. The molecule has 0 radical (unpaired) electrons. The van der Waals surface area contributed by atoms with Crippen LogP contribution >= 0.6 is 0 Å². The van der Waals surface area contributed by atoms with Gasteiger partial charge in [0.1, 0.15) is 12.1 Å². The minimum Gasteiger partial charge on any atom is -0.509 e. The number of hydrogen-bond donors (Lipinski definition) is 2. The van der Waals surface area contributed by atoms with E-state index in [-0.39, 0.29) is 5.75 Å². The van der Waals surface area contributed by atoms with Crippen LogP contribution in [0.5, 0.6) is 5.75 Å². The molecule has 0 atom stereocenters. The summed E-state index contributed by atoms with van der Waals surface area (Å²) in [6.07, 6.45) is 3.97. The highest BCUT2D eigenvalue weighted by atomic mass is 16.6. The highest BCUT2D eigenvalue weighted by molar-refractivity contribution is 6.33. The Balaban J connectivity index is 2.59. The topological polar surface area (TPSA) is 75.5 Å². The van der Waals surface area contributed by atoms with Gasteiger partial charge in [0, 0.05) is 0 Å². The molecule has 1 aromatic rings. The van der Waals surface area contributed by atoms with Gasteiger partial charge in [-0.3, -0.25) is 0 Å². The molecule has 1 aromatic heterocycles. The third kappa shape index (κ3) is 2.00. The predicted octanol–water partition coefficient (Wildman–Crippen LogP) is -1.18. The Bertz CT molecular complexity index is 193. The number of nitrogens with zero attached hydrogens (tertiary/aromatic N) is 2. The molecule has 0 fully saturated rings. The summed E-state index contributed by atoms with van der Waals surface area (Å²) in [5.41, 5.74) is 0. The minimum atomic E-state index is -1.81. The van der Waals surface area contributed by atoms with Crippen molar-refractivity contribution >= 4 is 7.32 Å². The summed E-state index contributed by atoms with van der Waals surface area (Å²) < 4.78 is 4.40. The Kier molecular flexibility index (Phi) is 2.19. The van der Waals surface area contributed by atoms with Crippen LogP contribution in [0.1, 0.15) is 0 Å². The van der Waals surface area contributed by atoms with Crippen molar-refractivity contribution in [3.63, 3.8) is 0 Å². The van der Waals surface area contributed by atoms with Gasteiger partial charge in [0.05, 0.1) is 12.4 Å². The molecule has 10 heavy (non-hydrogen) atoms. The van der Waals surface area contributed by atoms with Crippen LogP contribution in [0.15, 0.2) is 18.7 Å². The van der Waals surface area contributed by atoms with E-state index in [0.29, 0.717) is 0 Å². The lowest BCUT2D eigenvalue weighted by Crippen LogP contribution is -2.20. The fourth-order valence-electron chi connectivity index (χ4n) is 0.468. The zero-order valence-electron chi connectivity index (χ0n) is 5.01. The van der Waals surface area contributed by atoms with Gasteiger partial charge in [0.15, 0.2) is 0 Å². The molecule has 1 rings (SSSR count). The molecule has 5 nitrogen and oxygen atoms in total. The second kappa shape index (κ2) is 3.14. The molecule has 0 unspecified atom stereocenters. The lowest BCUT2D eigenvalue weighted by Gasteiger charge is -2.00. The summed E-state index contributed by atoms with van der Waals surface area (Å²) in [4.78, 5) is 7.16. The van der Waals surface area contributed by atoms with Crippen molar-refractivity contribution in [1.29, 1.82) is 0 Å². The zero-order valence-corrected chi connectivity index (χ0v) is 5.01. The van der Waals surface area contributed by atoms with Crippen molar-refractivity contribution in [3.05, 3.63) is 18.7 Å². The van der Waals surface area contributed by atoms with E-state index < -0.39 is 7.32 Å². The van der Waals surface area contributed by atoms with Crippen LogP contribution in [-0.2, 0) is 0 Å². The van der Waals surface area contributed by atoms with Crippen LogP contribution < -0.4 is 4.65 Å². The normalized spacial score (nSPS) is 9.00. The molecule has 0 spiro atoms. The van der Waals surface area contributed by atoms with Gasteiger partial charge in [-0.25, -0.2) is 9.97 Å². The summed E-state index contributed by atoms with van der Waals surface area (Å²) in [5, 5.41) is 16.6. The van der Waals surface area contributed by atoms with Crippen molar-refractivity contribution in [1.82, 2.24) is 9.97 Å². The van der Waals surface area contributed by atoms with Crippen molar-refractivity contribution < 1.29 is 14.7 Å². The van der Waals surface area contributed by atoms with E-state index in [1.54, 1.807) is 0 Å². The van der Waals surface area contributed by atoms with Gasteiger partial charge < -0.3 is 14.7 Å². The first-order chi connectivity index (χ1) is 4.79. The predicted molar refractivity (Wildman–Crippen MR) is 32.9 cm³/mol. The third-order valence-corrected chi connectivity index (χ3v) is 0.778. The van der Waals surface area contributed by atoms with Gasteiger partial charge in [-0.1, -0.05) is 0 Å². The second-order valence-electron chi connectivity index (χ2n) is 1.52. The van der Waals surface area contributed by atoms with Gasteiger partial charge in [0.25, 0.3) is 0 Å². The maximum Gasteiger partial charge on any atom is 0.707 e. The van der Waals surface area contributed by atoms with Crippen LogP contribution in [0, 0.1) is 0 Å².